The molecule has 0 aliphatic carbocycles. The molecule has 2 rings (SSSR count). The van der Waals surface area contributed by atoms with Crippen molar-refractivity contribution in [1.82, 2.24) is 14.5 Å². The maximum Gasteiger partial charge on any atom is 0.253 e. The molecule has 2 aromatic heterocycles. The van der Waals surface area contributed by atoms with E-state index >= 15 is 0 Å². The highest BCUT2D eigenvalue weighted by molar-refractivity contribution is 7.07. The Kier molecular flexibility index (Phi) is 2.18. The van der Waals surface area contributed by atoms with Crippen molar-refractivity contribution in [1.29, 1.82) is 0 Å². The molecule has 0 radical (unpaired) electrons. The topological polar surface area (TPSA) is 47.8 Å². The summed E-state index contributed by atoms with van der Waals surface area (Å²) in [7, 11) is 0. The third-order valence-corrected chi connectivity index (χ3v) is 2.24. The summed E-state index contributed by atoms with van der Waals surface area (Å²) in [6.07, 6.45) is 3.00. The average molecular weight is 193 g/mol. The molecule has 0 saturated carbocycles. The van der Waals surface area contributed by atoms with Crippen LogP contribution in [0.4, 0.5) is 0 Å². The molecular weight excluding hydrogens is 186 g/mol. The van der Waals surface area contributed by atoms with E-state index < -0.39 is 0 Å². The van der Waals surface area contributed by atoms with Gasteiger partial charge in [-0.05, 0) is 0 Å². The van der Waals surface area contributed by atoms with Gasteiger partial charge < -0.3 is 0 Å². The van der Waals surface area contributed by atoms with E-state index in [0.29, 0.717) is 6.54 Å². The Morgan fingerprint density at radius 1 is 1.54 bits per heavy atom. The van der Waals surface area contributed by atoms with Crippen molar-refractivity contribution in [2.75, 3.05) is 0 Å². The summed E-state index contributed by atoms with van der Waals surface area (Å²) in [6.45, 7) is 0.496. The Bertz CT molecular complexity index is 435. The predicted molar refractivity (Wildman–Crippen MR) is 49.7 cm³/mol. The summed E-state index contributed by atoms with van der Waals surface area (Å²) in [6, 6.07) is 1.44. The number of hydrogen-bond acceptors (Lipinski definition) is 4. The number of aromatic nitrogens is 3. The van der Waals surface area contributed by atoms with Crippen LogP contribution in [0.5, 0.6) is 0 Å². The lowest BCUT2D eigenvalue weighted by Crippen LogP contribution is -2.19. The van der Waals surface area contributed by atoms with Gasteiger partial charge in [-0.25, -0.2) is 9.97 Å². The van der Waals surface area contributed by atoms with E-state index in [1.165, 1.54) is 34.5 Å². The Morgan fingerprint density at radius 3 is 3.15 bits per heavy atom. The highest BCUT2D eigenvalue weighted by atomic mass is 32.1. The molecule has 4 nitrogen and oxygen atoms in total. The molecule has 2 heterocycles. The second kappa shape index (κ2) is 3.49. The summed E-state index contributed by atoms with van der Waals surface area (Å²) in [5, 5.41) is 1.92. The summed E-state index contributed by atoms with van der Waals surface area (Å²) >= 11 is 1.52. The van der Waals surface area contributed by atoms with Crippen LogP contribution < -0.4 is 5.56 Å². The minimum atomic E-state index is -0.0528. The summed E-state index contributed by atoms with van der Waals surface area (Å²) < 4.78 is 1.52. The molecule has 0 aliphatic rings. The molecule has 5 heteroatoms. The van der Waals surface area contributed by atoms with Crippen LogP contribution in [0.2, 0.25) is 0 Å². The quantitative estimate of drug-likeness (QED) is 0.707. The van der Waals surface area contributed by atoms with Gasteiger partial charge in [0.25, 0.3) is 5.56 Å². The Morgan fingerprint density at radius 2 is 2.46 bits per heavy atom. The molecule has 13 heavy (non-hydrogen) atoms. The Labute approximate surface area is 78.5 Å². The van der Waals surface area contributed by atoms with Crippen molar-refractivity contribution in [3.63, 3.8) is 0 Å². The fraction of sp³-hybridized carbons (Fsp3) is 0.125. The van der Waals surface area contributed by atoms with Crippen molar-refractivity contribution in [3.8, 4) is 0 Å². The van der Waals surface area contributed by atoms with Crippen LogP contribution in [0.25, 0.3) is 0 Å². The van der Waals surface area contributed by atoms with Gasteiger partial charge in [0.2, 0.25) is 0 Å². The van der Waals surface area contributed by atoms with Crippen molar-refractivity contribution in [3.05, 3.63) is 45.5 Å². The highest BCUT2D eigenvalue weighted by Gasteiger charge is 1.97. The van der Waals surface area contributed by atoms with Crippen LogP contribution in [0, 0.1) is 0 Å². The third kappa shape index (κ3) is 1.81. The molecule has 0 aliphatic heterocycles. The van der Waals surface area contributed by atoms with Crippen LogP contribution in [-0.4, -0.2) is 14.5 Å². The first kappa shape index (κ1) is 8.12. The zero-order chi connectivity index (χ0) is 9.10. The number of thiazole rings is 1. The minimum absolute atomic E-state index is 0.0528. The van der Waals surface area contributed by atoms with Gasteiger partial charge in [-0.3, -0.25) is 9.36 Å². The molecule has 0 fully saturated rings. The van der Waals surface area contributed by atoms with Gasteiger partial charge in [0.1, 0.15) is 0 Å². The number of nitrogens with zero attached hydrogens (tertiary/aromatic N) is 3. The van der Waals surface area contributed by atoms with Gasteiger partial charge in [-0.2, -0.15) is 0 Å². The SMILES string of the molecule is O=c1ccncn1Cc1cscn1. The lowest BCUT2D eigenvalue weighted by Gasteiger charge is -1.99. The Hall–Kier alpha value is -1.49. The summed E-state index contributed by atoms with van der Waals surface area (Å²) in [4.78, 5) is 19.2. The molecule has 0 amide bonds. The van der Waals surface area contributed by atoms with Gasteiger partial charge in [-0.1, -0.05) is 0 Å². The predicted octanol–water partition coefficient (Wildman–Crippen LogP) is 0.748. The summed E-state index contributed by atoms with van der Waals surface area (Å²) in [5.74, 6) is 0. The van der Waals surface area contributed by atoms with E-state index in [-0.39, 0.29) is 5.56 Å². The number of hydrogen-bond donors (Lipinski definition) is 0. The van der Waals surface area contributed by atoms with Crippen molar-refractivity contribution < 1.29 is 0 Å². The van der Waals surface area contributed by atoms with Gasteiger partial charge in [0.05, 0.1) is 24.1 Å². The van der Waals surface area contributed by atoms with Crippen molar-refractivity contribution in [2.45, 2.75) is 6.54 Å². The first-order chi connectivity index (χ1) is 6.36. The van der Waals surface area contributed by atoms with Gasteiger partial charge in [0.15, 0.2) is 0 Å². The summed E-state index contributed by atoms with van der Waals surface area (Å²) in [5.41, 5.74) is 2.58. The zero-order valence-electron chi connectivity index (χ0n) is 6.75. The molecule has 0 saturated heterocycles. The highest BCUT2D eigenvalue weighted by Crippen LogP contribution is 2.01. The molecular formula is C8H7N3OS. The van der Waals surface area contributed by atoms with E-state index in [9.17, 15) is 4.79 Å². The Balaban J connectivity index is 2.29. The van der Waals surface area contributed by atoms with E-state index in [4.69, 9.17) is 0 Å². The van der Waals surface area contributed by atoms with E-state index in [1.807, 2.05) is 5.38 Å². The standard InChI is InChI=1S/C8H7N3OS/c12-8-1-2-9-5-11(8)3-7-4-13-6-10-7/h1-2,4-6H,3H2. The van der Waals surface area contributed by atoms with Crippen molar-refractivity contribution >= 4 is 11.3 Å². The molecule has 66 valence electrons. The molecule has 0 unspecified atom stereocenters. The largest absolute Gasteiger partial charge is 0.293 e. The van der Waals surface area contributed by atoms with Crippen LogP contribution in [-0.2, 0) is 6.54 Å². The lowest BCUT2D eigenvalue weighted by molar-refractivity contribution is 0.722. The molecule has 0 spiro atoms. The fourth-order valence-electron chi connectivity index (χ4n) is 0.987. The second-order valence-corrected chi connectivity index (χ2v) is 3.24. The van der Waals surface area contributed by atoms with E-state index in [0.717, 1.165) is 5.69 Å². The van der Waals surface area contributed by atoms with Gasteiger partial charge >= 0.3 is 0 Å². The van der Waals surface area contributed by atoms with Crippen LogP contribution in [0.15, 0.2) is 34.3 Å². The smallest absolute Gasteiger partial charge is 0.253 e. The fourth-order valence-corrected chi connectivity index (χ4v) is 1.54. The first-order valence-corrected chi connectivity index (χ1v) is 4.68. The molecule has 0 N–H and O–H groups in total. The number of rotatable bonds is 2. The monoisotopic (exact) mass is 193 g/mol. The maximum atomic E-state index is 11.2. The van der Waals surface area contributed by atoms with Crippen LogP contribution >= 0.6 is 11.3 Å². The van der Waals surface area contributed by atoms with Crippen LogP contribution in [0.1, 0.15) is 5.69 Å². The van der Waals surface area contributed by atoms with Gasteiger partial charge in [-0.15, -0.1) is 11.3 Å². The lowest BCUT2D eigenvalue weighted by atomic mass is 10.5. The van der Waals surface area contributed by atoms with Crippen LogP contribution in [0.3, 0.4) is 0 Å². The zero-order valence-corrected chi connectivity index (χ0v) is 7.57. The molecule has 0 atom stereocenters. The molecule has 2 aromatic rings. The molecule has 0 aromatic carbocycles. The van der Waals surface area contributed by atoms with E-state index in [2.05, 4.69) is 9.97 Å². The second-order valence-electron chi connectivity index (χ2n) is 2.53. The van der Waals surface area contributed by atoms with Gasteiger partial charge in [0, 0.05) is 17.6 Å². The maximum absolute atomic E-state index is 11.2. The first-order valence-electron chi connectivity index (χ1n) is 3.74. The van der Waals surface area contributed by atoms with Crippen molar-refractivity contribution in [2.24, 2.45) is 0 Å². The minimum Gasteiger partial charge on any atom is -0.293 e. The molecule has 0 bridgehead atoms. The van der Waals surface area contributed by atoms with E-state index in [1.54, 1.807) is 5.51 Å². The normalized spacial score (nSPS) is 10.2. The third-order valence-electron chi connectivity index (χ3n) is 1.61. The average Bonchev–Trinajstić information content (AvgIpc) is 2.61.